The van der Waals surface area contributed by atoms with E-state index in [0.29, 0.717) is 18.7 Å². The minimum Gasteiger partial charge on any atom is -0.334 e. The quantitative estimate of drug-likeness (QED) is 0.820. The highest BCUT2D eigenvalue weighted by Gasteiger charge is 2.23. The molecule has 1 N–H and O–H groups in total. The molecule has 5 nitrogen and oxygen atoms in total. The maximum absolute atomic E-state index is 12.3. The van der Waals surface area contributed by atoms with Gasteiger partial charge in [-0.05, 0) is 18.6 Å². The second-order valence-corrected chi connectivity index (χ2v) is 4.49. The predicted octanol–water partition coefficient (Wildman–Crippen LogP) is 1.31. The number of nitrogens with one attached hydrogen (secondary N) is 1. The van der Waals surface area contributed by atoms with Crippen LogP contribution in [0.1, 0.15) is 27.3 Å². The molecule has 0 radical (unpaired) electrons. The number of rotatable bonds is 1. The van der Waals surface area contributed by atoms with E-state index >= 15 is 0 Å². The number of aromatic nitrogens is 3. The zero-order valence-electron chi connectivity index (χ0n) is 10.2. The summed E-state index contributed by atoms with van der Waals surface area (Å²) in [5.41, 5.74) is 3.71. The largest absolute Gasteiger partial charge is 0.334 e. The van der Waals surface area contributed by atoms with Crippen LogP contribution in [-0.2, 0) is 13.0 Å². The number of carbonyl (C=O) groups is 1. The monoisotopic (exact) mass is 242 g/mol. The van der Waals surface area contributed by atoms with Gasteiger partial charge in [-0.25, -0.2) is 0 Å². The van der Waals surface area contributed by atoms with E-state index in [1.807, 2.05) is 24.0 Å². The fourth-order valence-corrected chi connectivity index (χ4v) is 2.28. The number of pyridine rings is 1. The van der Waals surface area contributed by atoms with Gasteiger partial charge in [0.15, 0.2) is 0 Å². The minimum absolute atomic E-state index is 0.0377. The summed E-state index contributed by atoms with van der Waals surface area (Å²) in [6.07, 6.45) is 4.21. The van der Waals surface area contributed by atoms with Crippen LogP contribution in [-0.4, -0.2) is 32.5 Å². The summed E-state index contributed by atoms with van der Waals surface area (Å²) >= 11 is 0. The molecule has 0 saturated heterocycles. The number of aromatic amines is 1. The predicted molar refractivity (Wildman–Crippen MR) is 66.0 cm³/mol. The van der Waals surface area contributed by atoms with Crippen molar-refractivity contribution in [2.45, 2.75) is 19.9 Å². The van der Waals surface area contributed by atoms with Crippen LogP contribution in [0.2, 0.25) is 0 Å². The zero-order valence-corrected chi connectivity index (χ0v) is 10.2. The zero-order chi connectivity index (χ0) is 12.5. The Morgan fingerprint density at radius 2 is 2.39 bits per heavy atom. The van der Waals surface area contributed by atoms with E-state index in [1.165, 1.54) is 0 Å². The molecule has 0 bridgehead atoms. The standard InChI is InChI=1S/C13H14N4O/c1-9-11(7-15-16-9)13(18)17-6-4-12-10(8-17)3-2-5-14-12/h2-3,5,7H,4,6,8H2,1H3,(H,15,16). The highest BCUT2D eigenvalue weighted by atomic mass is 16.2. The van der Waals surface area contributed by atoms with E-state index in [9.17, 15) is 4.79 Å². The number of H-pyrrole nitrogens is 1. The molecule has 0 unspecified atom stereocenters. The molecule has 1 aliphatic rings. The number of fused-ring (bicyclic) bond motifs is 1. The Morgan fingerprint density at radius 1 is 1.50 bits per heavy atom. The first-order valence-electron chi connectivity index (χ1n) is 5.97. The van der Waals surface area contributed by atoms with Crippen molar-refractivity contribution < 1.29 is 4.79 Å². The molecular weight excluding hydrogens is 228 g/mol. The van der Waals surface area contributed by atoms with Gasteiger partial charge in [0.2, 0.25) is 0 Å². The fourth-order valence-electron chi connectivity index (χ4n) is 2.28. The molecule has 1 amide bonds. The molecule has 3 heterocycles. The van der Waals surface area contributed by atoms with Gasteiger partial charge >= 0.3 is 0 Å². The lowest BCUT2D eigenvalue weighted by Gasteiger charge is -2.28. The first-order chi connectivity index (χ1) is 8.75. The topological polar surface area (TPSA) is 61.9 Å². The van der Waals surface area contributed by atoms with Gasteiger partial charge in [-0.2, -0.15) is 5.10 Å². The second-order valence-electron chi connectivity index (χ2n) is 4.49. The average Bonchev–Trinajstić information content (AvgIpc) is 2.83. The average molecular weight is 242 g/mol. The first-order valence-corrected chi connectivity index (χ1v) is 5.97. The fraction of sp³-hybridized carbons (Fsp3) is 0.308. The molecule has 1 aliphatic heterocycles. The molecule has 18 heavy (non-hydrogen) atoms. The Balaban J connectivity index is 1.84. The van der Waals surface area contributed by atoms with Crippen LogP contribution in [0.15, 0.2) is 24.5 Å². The van der Waals surface area contributed by atoms with Crippen molar-refractivity contribution in [3.63, 3.8) is 0 Å². The van der Waals surface area contributed by atoms with Gasteiger partial charge in [-0.1, -0.05) is 6.07 Å². The Morgan fingerprint density at radius 3 is 3.17 bits per heavy atom. The summed E-state index contributed by atoms with van der Waals surface area (Å²) in [6.45, 7) is 3.21. The van der Waals surface area contributed by atoms with Crippen LogP contribution < -0.4 is 0 Å². The maximum atomic E-state index is 12.3. The molecule has 2 aromatic heterocycles. The number of nitrogens with zero attached hydrogens (tertiary/aromatic N) is 3. The van der Waals surface area contributed by atoms with Crippen LogP contribution in [0.25, 0.3) is 0 Å². The van der Waals surface area contributed by atoms with Gasteiger partial charge in [0, 0.05) is 37.1 Å². The van der Waals surface area contributed by atoms with Gasteiger partial charge < -0.3 is 4.90 Å². The van der Waals surface area contributed by atoms with Crippen molar-refractivity contribution in [3.05, 3.63) is 47.0 Å². The molecule has 2 aromatic rings. The molecule has 0 aromatic carbocycles. The number of amides is 1. The Bertz CT molecular complexity index is 590. The van der Waals surface area contributed by atoms with E-state index in [4.69, 9.17) is 0 Å². The van der Waals surface area contributed by atoms with Crippen LogP contribution in [0.4, 0.5) is 0 Å². The van der Waals surface area contributed by atoms with Crippen molar-refractivity contribution in [1.82, 2.24) is 20.1 Å². The van der Waals surface area contributed by atoms with Crippen molar-refractivity contribution >= 4 is 5.91 Å². The second kappa shape index (κ2) is 4.25. The summed E-state index contributed by atoms with van der Waals surface area (Å²) in [7, 11) is 0. The Labute approximate surface area is 105 Å². The van der Waals surface area contributed by atoms with Crippen LogP contribution in [0, 0.1) is 6.92 Å². The molecular formula is C13H14N4O. The van der Waals surface area contributed by atoms with Gasteiger partial charge in [0.25, 0.3) is 5.91 Å². The summed E-state index contributed by atoms with van der Waals surface area (Å²) in [6, 6.07) is 3.94. The van der Waals surface area contributed by atoms with Crippen molar-refractivity contribution in [2.24, 2.45) is 0 Å². The van der Waals surface area contributed by atoms with Crippen LogP contribution in [0.5, 0.6) is 0 Å². The molecule has 0 aliphatic carbocycles. The third-order valence-electron chi connectivity index (χ3n) is 3.31. The van der Waals surface area contributed by atoms with Gasteiger partial charge in [-0.15, -0.1) is 0 Å². The number of hydrogen-bond donors (Lipinski definition) is 1. The van der Waals surface area contributed by atoms with E-state index < -0.39 is 0 Å². The third-order valence-corrected chi connectivity index (χ3v) is 3.31. The summed E-state index contributed by atoms with van der Waals surface area (Å²) in [5.74, 6) is 0.0377. The lowest BCUT2D eigenvalue weighted by molar-refractivity contribution is 0.0733. The van der Waals surface area contributed by atoms with E-state index in [-0.39, 0.29) is 5.91 Å². The lowest BCUT2D eigenvalue weighted by atomic mass is 10.0. The Hall–Kier alpha value is -2.17. The normalized spacial score (nSPS) is 14.4. The van der Waals surface area contributed by atoms with Crippen molar-refractivity contribution in [3.8, 4) is 0 Å². The molecule has 5 heteroatoms. The molecule has 3 rings (SSSR count). The first kappa shape index (κ1) is 11.0. The van der Waals surface area contributed by atoms with Crippen LogP contribution in [0.3, 0.4) is 0 Å². The summed E-state index contributed by atoms with van der Waals surface area (Å²) < 4.78 is 0. The summed E-state index contributed by atoms with van der Waals surface area (Å²) in [5, 5.41) is 6.70. The summed E-state index contributed by atoms with van der Waals surface area (Å²) in [4.78, 5) is 18.5. The molecule has 92 valence electrons. The minimum atomic E-state index is 0.0377. The molecule has 0 fully saturated rings. The highest BCUT2D eigenvalue weighted by molar-refractivity contribution is 5.95. The SMILES string of the molecule is Cc1[nH]ncc1C(=O)N1CCc2ncccc2C1. The number of carbonyl (C=O) groups excluding carboxylic acids is 1. The van der Waals surface area contributed by atoms with Gasteiger partial charge in [0.1, 0.15) is 0 Å². The van der Waals surface area contributed by atoms with Crippen LogP contribution >= 0.6 is 0 Å². The van der Waals surface area contributed by atoms with E-state index in [0.717, 1.165) is 23.4 Å². The smallest absolute Gasteiger partial charge is 0.257 e. The molecule has 0 spiro atoms. The Kier molecular flexibility index (Phi) is 2.59. The highest BCUT2D eigenvalue weighted by Crippen LogP contribution is 2.19. The van der Waals surface area contributed by atoms with E-state index in [2.05, 4.69) is 15.2 Å². The lowest BCUT2D eigenvalue weighted by Crippen LogP contribution is -2.36. The van der Waals surface area contributed by atoms with Gasteiger partial charge in [-0.3, -0.25) is 14.9 Å². The van der Waals surface area contributed by atoms with Crippen molar-refractivity contribution in [2.75, 3.05) is 6.54 Å². The number of hydrogen-bond acceptors (Lipinski definition) is 3. The third kappa shape index (κ3) is 1.77. The molecule has 0 atom stereocenters. The van der Waals surface area contributed by atoms with Crippen molar-refractivity contribution in [1.29, 1.82) is 0 Å². The number of aryl methyl sites for hydroxylation is 1. The molecule has 0 saturated carbocycles. The van der Waals surface area contributed by atoms with E-state index in [1.54, 1.807) is 12.4 Å². The van der Waals surface area contributed by atoms with Gasteiger partial charge in [0.05, 0.1) is 11.8 Å². The maximum Gasteiger partial charge on any atom is 0.257 e.